The average Bonchev–Trinajstić information content (AvgIpc) is 2.26. The molecular formula is C10H22N2O2S. The van der Waals surface area contributed by atoms with Crippen LogP contribution in [0.4, 0.5) is 0 Å². The van der Waals surface area contributed by atoms with Crippen LogP contribution in [-0.4, -0.2) is 55.6 Å². The molecule has 0 saturated carbocycles. The van der Waals surface area contributed by atoms with Crippen LogP contribution in [0.15, 0.2) is 0 Å². The number of likely N-dealkylation sites (N-methyl/N-ethyl adjacent to an activating group) is 1. The minimum atomic E-state index is -3.09. The van der Waals surface area contributed by atoms with Gasteiger partial charge in [0.05, 0.1) is 5.25 Å². The van der Waals surface area contributed by atoms with E-state index < -0.39 is 10.0 Å². The number of sulfonamides is 1. The zero-order valence-electron chi connectivity index (χ0n) is 10.1. The van der Waals surface area contributed by atoms with E-state index in [0.29, 0.717) is 6.54 Å². The van der Waals surface area contributed by atoms with E-state index in [0.717, 1.165) is 19.5 Å². The summed E-state index contributed by atoms with van der Waals surface area (Å²) in [5.41, 5.74) is 0. The van der Waals surface area contributed by atoms with Crippen LogP contribution in [0.3, 0.4) is 0 Å². The average molecular weight is 234 g/mol. The van der Waals surface area contributed by atoms with Gasteiger partial charge in [-0.3, -0.25) is 0 Å². The third-order valence-electron chi connectivity index (χ3n) is 2.91. The topological polar surface area (TPSA) is 40.6 Å². The molecule has 1 fully saturated rings. The van der Waals surface area contributed by atoms with Gasteiger partial charge in [0.1, 0.15) is 0 Å². The van der Waals surface area contributed by atoms with Gasteiger partial charge in [-0.25, -0.2) is 8.42 Å². The predicted octanol–water partition coefficient (Wildman–Crippen LogP) is 0.751. The molecule has 1 saturated heterocycles. The fourth-order valence-corrected chi connectivity index (χ4v) is 3.49. The summed E-state index contributed by atoms with van der Waals surface area (Å²) in [6.07, 6.45) is 0.923. The number of hydrogen-bond donors (Lipinski definition) is 0. The van der Waals surface area contributed by atoms with Gasteiger partial charge in [-0.1, -0.05) is 0 Å². The highest BCUT2D eigenvalue weighted by atomic mass is 32.2. The first-order valence-corrected chi connectivity index (χ1v) is 7.05. The molecule has 4 nitrogen and oxygen atoms in total. The monoisotopic (exact) mass is 234 g/mol. The molecule has 0 bridgehead atoms. The molecular weight excluding hydrogens is 212 g/mol. The van der Waals surface area contributed by atoms with Gasteiger partial charge in [-0.15, -0.1) is 0 Å². The minimum absolute atomic E-state index is 0.0879. The fraction of sp³-hybridized carbons (Fsp3) is 1.00. The highest BCUT2D eigenvalue weighted by Crippen LogP contribution is 2.16. The smallest absolute Gasteiger partial charge is 0.216 e. The molecule has 1 aliphatic rings. The number of nitrogens with zero attached hydrogens (tertiary/aromatic N) is 2. The maximum absolute atomic E-state index is 12.1. The first-order valence-electron chi connectivity index (χ1n) is 5.55. The quantitative estimate of drug-likeness (QED) is 0.708. The van der Waals surface area contributed by atoms with Crippen LogP contribution in [0.5, 0.6) is 0 Å². The van der Waals surface area contributed by atoms with E-state index >= 15 is 0 Å². The lowest BCUT2D eigenvalue weighted by atomic mass is 10.3. The Kier molecular flexibility index (Phi) is 4.14. The number of hydrogen-bond acceptors (Lipinski definition) is 3. The highest BCUT2D eigenvalue weighted by molar-refractivity contribution is 7.89. The Balaban J connectivity index is 2.85. The van der Waals surface area contributed by atoms with E-state index in [-0.39, 0.29) is 11.3 Å². The van der Waals surface area contributed by atoms with Crippen LogP contribution >= 0.6 is 0 Å². The number of rotatable bonds is 2. The van der Waals surface area contributed by atoms with Crippen molar-refractivity contribution in [1.82, 2.24) is 9.21 Å². The second-order valence-corrected chi connectivity index (χ2v) is 7.11. The Morgan fingerprint density at radius 3 is 2.40 bits per heavy atom. The van der Waals surface area contributed by atoms with Gasteiger partial charge in [0, 0.05) is 19.1 Å². The summed E-state index contributed by atoms with van der Waals surface area (Å²) in [5.74, 6) is 0. The van der Waals surface area contributed by atoms with Gasteiger partial charge in [-0.2, -0.15) is 4.31 Å². The molecule has 1 heterocycles. The molecule has 0 amide bonds. The summed E-state index contributed by atoms with van der Waals surface area (Å²) < 4.78 is 25.8. The molecule has 5 heteroatoms. The molecule has 0 radical (unpaired) electrons. The standard InChI is InChI=1S/C10H22N2O2S/c1-9(2)15(13,14)12-7-5-6-11(4)8-10(12)3/h9-10H,5-8H2,1-4H3. The Bertz CT molecular complexity index is 301. The van der Waals surface area contributed by atoms with E-state index in [1.165, 1.54) is 0 Å². The summed E-state index contributed by atoms with van der Waals surface area (Å²) in [4.78, 5) is 2.19. The second-order valence-electron chi connectivity index (χ2n) is 4.67. The molecule has 0 aromatic heterocycles. The zero-order valence-corrected chi connectivity index (χ0v) is 10.9. The van der Waals surface area contributed by atoms with Crippen LogP contribution in [-0.2, 0) is 10.0 Å². The SMILES string of the molecule is CC1CN(C)CCCN1S(=O)(=O)C(C)C. The van der Waals surface area contributed by atoms with Crippen molar-refractivity contribution in [2.24, 2.45) is 0 Å². The van der Waals surface area contributed by atoms with Crippen LogP contribution in [0.1, 0.15) is 27.2 Å². The van der Waals surface area contributed by atoms with E-state index in [1.807, 2.05) is 14.0 Å². The molecule has 0 aromatic rings. The molecule has 1 atom stereocenters. The van der Waals surface area contributed by atoms with Crippen molar-refractivity contribution >= 4 is 10.0 Å². The van der Waals surface area contributed by atoms with E-state index in [4.69, 9.17) is 0 Å². The summed E-state index contributed by atoms with van der Waals surface area (Å²) >= 11 is 0. The predicted molar refractivity (Wildman–Crippen MR) is 62.3 cm³/mol. The zero-order chi connectivity index (χ0) is 11.6. The van der Waals surface area contributed by atoms with Crippen molar-refractivity contribution in [1.29, 1.82) is 0 Å². The maximum atomic E-state index is 12.1. The van der Waals surface area contributed by atoms with Crippen molar-refractivity contribution in [2.45, 2.75) is 38.5 Å². The highest BCUT2D eigenvalue weighted by Gasteiger charge is 2.31. The van der Waals surface area contributed by atoms with Gasteiger partial charge in [0.15, 0.2) is 0 Å². The van der Waals surface area contributed by atoms with Crippen molar-refractivity contribution in [3.05, 3.63) is 0 Å². The van der Waals surface area contributed by atoms with Crippen LogP contribution in [0.25, 0.3) is 0 Å². The largest absolute Gasteiger partial charge is 0.305 e. The summed E-state index contributed by atoms with van der Waals surface area (Å²) in [6.45, 7) is 7.95. The molecule has 1 aliphatic heterocycles. The lowest BCUT2D eigenvalue weighted by molar-refractivity contribution is 0.289. The van der Waals surface area contributed by atoms with Crippen molar-refractivity contribution in [3.8, 4) is 0 Å². The van der Waals surface area contributed by atoms with E-state index in [9.17, 15) is 8.42 Å². The molecule has 0 aliphatic carbocycles. The fourth-order valence-electron chi connectivity index (χ4n) is 2.00. The first-order chi connectivity index (χ1) is 6.85. The summed E-state index contributed by atoms with van der Waals surface area (Å²) in [6, 6.07) is 0.0879. The van der Waals surface area contributed by atoms with E-state index in [2.05, 4.69) is 4.90 Å². The third kappa shape index (κ3) is 2.92. The Labute approximate surface area is 93.3 Å². The summed E-state index contributed by atoms with van der Waals surface area (Å²) in [7, 11) is -1.05. The molecule has 0 aromatic carbocycles. The Morgan fingerprint density at radius 1 is 1.27 bits per heavy atom. The maximum Gasteiger partial charge on any atom is 0.216 e. The molecule has 15 heavy (non-hydrogen) atoms. The molecule has 1 rings (SSSR count). The third-order valence-corrected chi connectivity index (χ3v) is 5.30. The molecule has 1 unspecified atom stereocenters. The molecule has 0 N–H and O–H groups in total. The van der Waals surface area contributed by atoms with Crippen molar-refractivity contribution in [2.75, 3.05) is 26.7 Å². The van der Waals surface area contributed by atoms with Gasteiger partial charge in [0.25, 0.3) is 0 Å². The molecule has 0 spiro atoms. The Morgan fingerprint density at radius 2 is 1.87 bits per heavy atom. The van der Waals surface area contributed by atoms with Crippen LogP contribution in [0, 0.1) is 0 Å². The van der Waals surface area contributed by atoms with E-state index in [1.54, 1.807) is 18.2 Å². The van der Waals surface area contributed by atoms with Crippen LogP contribution < -0.4 is 0 Å². The van der Waals surface area contributed by atoms with Crippen molar-refractivity contribution < 1.29 is 8.42 Å². The van der Waals surface area contributed by atoms with Crippen molar-refractivity contribution in [3.63, 3.8) is 0 Å². The van der Waals surface area contributed by atoms with Gasteiger partial charge in [0.2, 0.25) is 10.0 Å². The molecule has 90 valence electrons. The first kappa shape index (κ1) is 12.9. The summed E-state index contributed by atoms with van der Waals surface area (Å²) in [5, 5.41) is -0.316. The lowest BCUT2D eigenvalue weighted by Gasteiger charge is -2.28. The lowest BCUT2D eigenvalue weighted by Crippen LogP contribution is -2.44. The Hall–Kier alpha value is -0.130. The second kappa shape index (κ2) is 4.80. The normalized spacial score (nSPS) is 26.9. The minimum Gasteiger partial charge on any atom is -0.305 e. The van der Waals surface area contributed by atoms with Crippen LogP contribution in [0.2, 0.25) is 0 Å². The van der Waals surface area contributed by atoms with Gasteiger partial charge in [-0.05, 0) is 40.8 Å². The van der Waals surface area contributed by atoms with Gasteiger partial charge >= 0.3 is 0 Å². The van der Waals surface area contributed by atoms with Gasteiger partial charge < -0.3 is 4.90 Å².